The molecule has 6 rings (SSSR count). The molecule has 0 bridgehead atoms. The van der Waals surface area contributed by atoms with Crippen LogP contribution in [-0.2, 0) is 24.0 Å². The summed E-state index contributed by atoms with van der Waals surface area (Å²) < 4.78 is 0. The van der Waals surface area contributed by atoms with E-state index in [1.54, 1.807) is 29.2 Å². The van der Waals surface area contributed by atoms with Gasteiger partial charge in [0.25, 0.3) is 5.91 Å². The van der Waals surface area contributed by atoms with Crippen LogP contribution in [0.25, 0.3) is 10.9 Å². The highest BCUT2D eigenvalue weighted by Crippen LogP contribution is 2.31. The Kier molecular flexibility index (Phi) is 11.9. The molecule has 3 aromatic carbocycles. The Labute approximate surface area is 319 Å². The number of ketones is 2. The van der Waals surface area contributed by atoms with Crippen LogP contribution in [0.5, 0.6) is 0 Å². The second kappa shape index (κ2) is 16.9. The summed E-state index contributed by atoms with van der Waals surface area (Å²) in [5.41, 5.74) is 8.64. The average Bonchev–Trinajstić information content (AvgIpc) is 3.80. The van der Waals surface area contributed by atoms with E-state index in [2.05, 4.69) is 15.6 Å². The molecule has 5 N–H and O–H groups in total. The monoisotopic (exact) mass is 746 g/mol. The second-order valence-corrected chi connectivity index (χ2v) is 14.4. The number of rotatable bonds is 13. The third-order valence-electron chi connectivity index (χ3n) is 10.7. The SMILES string of the molecule is CC(=O)c1ccc2[nH]c(C(=O)N[C@H]3CCN(C(C)=O)C[C@H]4CC[C@@H](C(=O)N[C@@H](CCC(N)=O)C(=O)CC(c5ccccc5)c5ccccc5)N4C3=O)cc2c1. The van der Waals surface area contributed by atoms with Gasteiger partial charge in [0.05, 0.1) is 12.1 Å². The molecule has 3 heterocycles. The number of nitrogens with two attached hydrogens (primary N) is 1. The molecule has 2 aliphatic rings. The molecule has 4 aromatic rings. The van der Waals surface area contributed by atoms with E-state index in [1.807, 2.05) is 60.7 Å². The predicted molar refractivity (Wildman–Crippen MR) is 205 cm³/mol. The molecule has 4 atom stereocenters. The number of primary amides is 1. The molecule has 2 fully saturated rings. The molecule has 286 valence electrons. The van der Waals surface area contributed by atoms with Crippen molar-refractivity contribution in [2.45, 2.75) is 82.5 Å². The van der Waals surface area contributed by atoms with Crippen LogP contribution in [0.1, 0.15) is 90.3 Å². The van der Waals surface area contributed by atoms with Crippen LogP contribution in [0, 0.1) is 0 Å². The number of carbonyl (C=O) groups is 7. The minimum Gasteiger partial charge on any atom is -0.370 e. The van der Waals surface area contributed by atoms with Gasteiger partial charge in [0.15, 0.2) is 11.6 Å². The molecule has 0 unspecified atom stereocenters. The highest BCUT2D eigenvalue weighted by Gasteiger charge is 2.46. The molecule has 2 aliphatic heterocycles. The van der Waals surface area contributed by atoms with Crippen molar-refractivity contribution in [1.29, 1.82) is 0 Å². The number of nitrogens with zero attached hydrogens (tertiary/aromatic N) is 2. The van der Waals surface area contributed by atoms with Crippen LogP contribution < -0.4 is 16.4 Å². The Morgan fingerprint density at radius 1 is 0.873 bits per heavy atom. The number of H-pyrrole nitrogens is 1. The van der Waals surface area contributed by atoms with Gasteiger partial charge in [0, 0.05) is 55.2 Å². The molecule has 2 saturated heterocycles. The summed E-state index contributed by atoms with van der Waals surface area (Å²) >= 11 is 0. The summed E-state index contributed by atoms with van der Waals surface area (Å²) in [5.74, 6) is -3.13. The molecule has 13 nitrogen and oxygen atoms in total. The van der Waals surface area contributed by atoms with Crippen LogP contribution in [-0.4, -0.2) is 93.1 Å². The number of benzene rings is 3. The maximum atomic E-state index is 14.4. The van der Waals surface area contributed by atoms with E-state index in [0.717, 1.165) is 11.1 Å². The predicted octanol–water partition coefficient (Wildman–Crippen LogP) is 3.62. The van der Waals surface area contributed by atoms with Crippen LogP contribution in [0.2, 0.25) is 0 Å². The Balaban J connectivity index is 1.23. The largest absolute Gasteiger partial charge is 0.370 e. The summed E-state index contributed by atoms with van der Waals surface area (Å²) in [4.78, 5) is 98.8. The van der Waals surface area contributed by atoms with Crippen molar-refractivity contribution in [2.75, 3.05) is 13.1 Å². The number of carbonyl (C=O) groups excluding carboxylic acids is 7. The van der Waals surface area contributed by atoms with Gasteiger partial charge in [-0.05, 0) is 68.0 Å². The first-order chi connectivity index (χ1) is 26.4. The van der Waals surface area contributed by atoms with Crippen LogP contribution in [0.3, 0.4) is 0 Å². The first kappa shape index (κ1) is 38.6. The lowest BCUT2D eigenvalue weighted by molar-refractivity contribution is -0.145. The molecule has 5 amide bonds. The number of hydrogen-bond acceptors (Lipinski definition) is 7. The fraction of sp³-hybridized carbons (Fsp3) is 0.357. The Morgan fingerprint density at radius 3 is 2.16 bits per heavy atom. The van der Waals surface area contributed by atoms with Gasteiger partial charge in [0.2, 0.25) is 23.6 Å². The Morgan fingerprint density at radius 2 is 1.55 bits per heavy atom. The van der Waals surface area contributed by atoms with Gasteiger partial charge in [0.1, 0.15) is 17.8 Å². The van der Waals surface area contributed by atoms with Gasteiger partial charge in [-0.2, -0.15) is 0 Å². The Hall–Kier alpha value is -6.11. The number of amides is 5. The number of fused-ring (bicyclic) bond motifs is 2. The van der Waals surface area contributed by atoms with Crippen molar-refractivity contribution >= 4 is 52.0 Å². The molecule has 0 spiro atoms. The van der Waals surface area contributed by atoms with Crippen LogP contribution in [0.15, 0.2) is 84.9 Å². The first-order valence-corrected chi connectivity index (χ1v) is 18.6. The first-order valence-electron chi connectivity index (χ1n) is 18.6. The number of Topliss-reactive ketones (excluding diaryl/α,β-unsaturated/α-hetero) is 2. The third kappa shape index (κ3) is 8.99. The van der Waals surface area contributed by atoms with Crippen molar-refractivity contribution in [3.63, 3.8) is 0 Å². The van der Waals surface area contributed by atoms with Gasteiger partial charge >= 0.3 is 0 Å². The smallest absolute Gasteiger partial charge is 0.268 e. The third-order valence-corrected chi connectivity index (χ3v) is 10.7. The van der Waals surface area contributed by atoms with Crippen molar-refractivity contribution in [2.24, 2.45) is 5.73 Å². The molecular weight excluding hydrogens is 700 g/mol. The summed E-state index contributed by atoms with van der Waals surface area (Å²) in [6.07, 6.45) is 0.673. The zero-order valence-electron chi connectivity index (χ0n) is 31.0. The lowest BCUT2D eigenvalue weighted by atomic mass is 9.85. The normalized spacial score (nSPS) is 19.0. The highest BCUT2D eigenvalue weighted by atomic mass is 16.2. The highest BCUT2D eigenvalue weighted by molar-refractivity contribution is 6.03. The number of hydrogen-bond donors (Lipinski definition) is 4. The summed E-state index contributed by atoms with van der Waals surface area (Å²) in [6, 6.07) is 22.1. The molecule has 55 heavy (non-hydrogen) atoms. The van der Waals surface area contributed by atoms with Crippen LogP contribution in [0.4, 0.5) is 0 Å². The topological polar surface area (TPSA) is 192 Å². The van der Waals surface area contributed by atoms with E-state index in [4.69, 9.17) is 5.73 Å². The van der Waals surface area contributed by atoms with Crippen molar-refractivity contribution in [1.82, 2.24) is 25.4 Å². The molecular formula is C42H46N6O7. The van der Waals surface area contributed by atoms with Gasteiger partial charge < -0.3 is 31.2 Å². The van der Waals surface area contributed by atoms with Gasteiger partial charge in [-0.1, -0.05) is 60.7 Å². The summed E-state index contributed by atoms with van der Waals surface area (Å²) in [6.45, 7) is 3.33. The van der Waals surface area contributed by atoms with E-state index in [1.165, 1.54) is 18.7 Å². The van der Waals surface area contributed by atoms with Gasteiger partial charge in [-0.15, -0.1) is 0 Å². The standard InChI is InChI=1S/C42H46N6O7/c1-25(49)29-13-15-33-30(21-29)22-36(44-33)40(53)46-35-19-20-47(26(2)50)24-31-14-17-37(48(31)42(35)55)41(54)45-34(16-18-39(43)52)38(51)23-32(27-9-5-3-6-10-27)28-11-7-4-8-12-28/h3-13,15,21-22,31-32,34-35,37,44H,14,16-20,23-24H2,1-2H3,(H2,43,52)(H,45,54)(H,46,53)/t31-,34+,35+,37+/m1/s1. The van der Waals surface area contributed by atoms with E-state index in [-0.39, 0.29) is 74.3 Å². The molecule has 13 heteroatoms. The number of aromatic nitrogens is 1. The molecule has 0 radical (unpaired) electrons. The average molecular weight is 747 g/mol. The van der Waals surface area contributed by atoms with E-state index in [9.17, 15) is 33.6 Å². The zero-order chi connectivity index (χ0) is 39.2. The zero-order valence-corrected chi connectivity index (χ0v) is 31.0. The fourth-order valence-corrected chi connectivity index (χ4v) is 7.73. The van der Waals surface area contributed by atoms with Crippen molar-refractivity contribution in [3.05, 3.63) is 107 Å². The van der Waals surface area contributed by atoms with E-state index >= 15 is 0 Å². The molecule has 0 saturated carbocycles. The maximum Gasteiger partial charge on any atom is 0.268 e. The van der Waals surface area contributed by atoms with E-state index < -0.39 is 47.8 Å². The van der Waals surface area contributed by atoms with Crippen molar-refractivity contribution in [3.8, 4) is 0 Å². The fourth-order valence-electron chi connectivity index (χ4n) is 7.73. The summed E-state index contributed by atoms with van der Waals surface area (Å²) in [7, 11) is 0. The second-order valence-electron chi connectivity index (χ2n) is 14.4. The van der Waals surface area contributed by atoms with Gasteiger partial charge in [-0.3, -0.25) is 33.6 Å². The lowest BCUT2D eigenvalue weighted by Crippen LogP contribution is -2.61. The minimum absolute atomic E-state index is 0.0183. The number of nitrogens with one attached hydrogen (secondary N) is 3. The molecule has 0 aliphatic carbocycles. The van der Waals surface area contributed by atoms with Crippen molar-refractivity contribution < 1.29 is 33.6 Å². The lowest BCUT2D eigenvalue weighted by Gasteiger charge is -2.39. The number of aromatic amines is 1. The van der Waals surface area contributed by atoms with E-state index in [0.29, 0.717) is 22.9 Å². The molecule has 1 aromatic heterocycles. The maximum absolute atomic E-state index is 14.4. The minimum atomic E-state index is -1.07. The quantitative estimate of drug-likeness (QED) is 0.150. The summed E-state index contributed by atoms with van der Waals surface area (Å²) in [5, 5.41) is 6.34. The van der Waals surface area contributed by atoms with Crippen LogP contribution >= 0.6 is 0 Å². The van der Waals surface area contributed by atoms with Gasteiger partial charge in [-0.25, -0.2) is 0 Å². The Bertz CT molecular complexity index is 2060.